The van der Waals surface area contributed by atoms with Crippen LogP contribution in [0.3, 0.4) is 0 Å². The first-order valence-corrected chi connectivity index (χ1v) is 9.74. The van der Waals surface area contributed by atoms with Gasteiger partial charge in [-0.25, -0.2) is 9.37 Å². The molecule has 6 nitrogen and oxygen atoms in total. The molecule has 0 aliphatic rings. The molecular formula is C24H20FN3O3. The largest absolute Gasteiger partial charge is 0.490 e. The Morgan fingerprint density at radius 1 is 1.10 bits per heavy atom. The number of non-ortho nitro benzene ring substituents is 1. The number of hydrogen-bond acceptors (Lipinski definition) is 4. The molecule has 0 saturated heterocycles. The molecule has 0 atom stereocenters. The highest BCUT2D eigenvalue weighted by molar-refractivity contribution is 5.74. The molecule has 0 bridgehead atoms. The molecule has 156 valence electrons. The molecule has 0 unspecified atom stereocenters. The summed E-state index contributed by atoms with van der Waals surface area (Å²) in [5.74, 6) is 0.278. The number of imidazole rings is 1. The lowest BCUT2D eigenvalue weighted by Gasteiger charge is -2.07. The lowest BCUT2D eigenvalue weighted by atomic mass is 10.1. The number of pyridine rings is 1. The molecule has 0 amide bonds. The van der Waals surface area contributed by atoms with E-state index >= 15 is 0 Å². The van der Waals surface area contributed by atoms with Crippen molar-refractivity contribution in [3.8, 4) is 17.0 Å². The fraction of sp³-hybridized carbons (Fsp3) is 0.125. The first-order chi connectivity index (χ1) is 15.0. The second-order valence-electron chi connectivity index (χ2n) is 7.07. The number of nitro groups is 1. The van der Waals surface area contributed by atoms with Gasteiger partial charge in [-0.15, -0.1) is 0 Å². The van der Waals surface area contributed by atoms with Crippen molar-refractivity contribution in [2.75, 3.05) is 13.3 Å². The highest BCUT2D eigenvalue weighted by atomic mass is 18.2. The van der Waals surface area contributed by atoms with Crippen molar-refractivity contribution in [2.24, 2.45) is 0 Å². The van der Waals surface area contributed by atoms with Gasteiger partial charge in [0.1, 0.15) is 24.7 Å². The smallest absolute Gasteiger partial charge is 0.273 e. The number of aromatic nitrogens is 2. The van der Waals surface area contributed by atoms with Crippen LogP contribution in [0.4, 0.5) is 10.1 Å². The molecule has 31 heavy (non-hydrogen) atoms. The van der Waals surface area contributed by atoms with E-state index in [9.17, 15) is 14.5 Å². The number of alkyl halides is 1. The number of fused-ring (bicyclic) bond motifs is 1. The second-order valence-corrected chi connectivity index (χ2v) is 7.07. The van der Waals surface area contributed by atoms with E-state index < -0.39 is 11.6 Å². The third-order valence-electron chi connectivity index (χ3n) is 4.80. The van der Waals surface area contributed by atoms with Crippen LogP contribution in [0.5, 0.6) is 5.75 Å². The minimum atomic E-state index is -0.671. The fourth-order valence-corrected chi connectivity index (χ4v) is 3.24. The van der Waals surface area contributed by atoms with Gasteiger partial charge in [0.15, 0.2) is 0 Å². The number of nitrogens with zero attached hydrogens (tertiary/aromatic N) is 3. The van der Waals surface area contributed by atoms with Gasteiger partial charge in [0.05, 0.1) is 16.7 Å². The molecule has 7 heteroatoms. The Hall–Kier alpha value is -4.00. The summed E-state index contributed by atoms with van der Waals surface area (Å²) in [5, 5.41) is 11.0. The van der Waals surface area contributed by atoms with Gasteiger partial charge in [-0.05, 0) is 30.2 Å². The molecule has 0 aliphatic heterocycles. The van der Waals surface area contributed by atoms with Crippen molar-refractivity contribution < 1.29 is 14.1 Å². The Bertz CT molecular complexity index is 1260. The number of ether oxygens (including phenoxy) is 1. The van der Waals surface area contributed by atoms with Crippen molar-refractivity contribution >= 4 is 23.5 Å². The van der Waals surface area contributed by atoms with E-state index in [-0.39, 0.29) is 18.0 Å². The van der Waals surface area contributed by atoms with Gasteiger partial charge in [-0.1, -0.05) is 42.5 Å². The minimum absolute atomic E-state index is 0.0991. The number of hydrogen-bond donors (Lipinski definition) is 0. The number of nitro benzene ring substituents is 1. The molecule has 2 aromatic carbocycles. The molecular weight excluding hydrogens is 396 g/mol. The lowest BCUT2D eigenvalue weighted by Crippen LogP contribution is -2.01. The van der Waals surface area contributed by atoms with Crippen LogP contribution < -0.4 is 4.74 Å². The average molecular weight is 416 g/mol. The van der Waals surface area contributed by atoms with E-state index in [2.05, 4.69) is 4.98 Å². The van der Waals surface area contributed by atoms with Crippen LogP contribution in [0.2, 0.25) is 0 Å². The maximum absolute atomic E-state index is 12.5. The molecule has 2 aromatic heterocycles. The van der Waals surface area contributed by atoms with E-state index in [0.717, 1.165) is 28.0 Å². The Morgan fingerprint density at radius 3 is 2.65 bits per heavy atom. The van der Waals surface area contributed by atoms with Gasteiger partial charge >= 0.3 is 0 Å². The van der Waals surface area contributed by atoms with Gasteiger partial charge in [-0.2, -0.15) is 0 Å². The molecule has 2 heterocycles. The van der Waals surface area contributed by atoms with Gasteiger partial charge < -0.3 is 9.14 Å². The lowest BCUT2D eigenvalue weighted by molar-refractivity contribution is -0.384. The third-order valence-corrected chi connectivity index (χ3v) is 4.80. The number of rotatable bonds is 7. The summed E-state index contributed by atoms with van der Waals surface area (Å²) in [7, 11) is 0. The average Bonchev–Trinajstić information content (AvgIpc) is 3.20. The van der Waals surface area contributed by atoms with Crippen LogP contribution in [0.25, 0.3) is 29.1 Å². The predicted octanol–water partition coefficient (Wildman–Crippen LogP) is 5.74. The topological polar surface area (TPSA) is 69.7 Å². The summed E-state index contributed by atoms with van der Waals surface area (Å²) in [6.07, 6.45) is 7.70. The Morgan fingerprint density at radius 2 is 1.90 bits per heavy atom. The standard InChI is InChI=1S/C24H20FN3O3/c1-17-2-11-24-26-22(16-27(24)15-17)19-6-3-18(4-7-19)5-8-20-9-10-21(28(29)30)14-23(20)31-13-12-25/h2-11,14-16H,12-13H2,1H3/b8-5+/i25-1. The zero-order valence-corrected chi connectivity index (χ0v) is 16.9. The first kappa shape index (κ1) is 20.3. The molecule has 0 aliphatic carbocycles. The fourth-order valence-electron chi connectivity index (χ4n) is 3.24. The van der Waals surface area contributed by atoms with Crippen LogP contribution in [0, 0.1) is 17.0 Å². The second kappa shape index (κ2) is 8.79. The molecule has 0 N–H and O–H groups in total. The minimum Gasteiger partial charge on any atom is -0.490 e. The van der Waals surface area contributed by atoms with Crippen molar-refractivity contribution in [1.82, 2.24) is 9.38 Å². The van der Waals surface area contributed by atoms with Gasteiger partial charge in [0, 0.05) is 29.6 Å². The SMILES string of the molecule is Cc1ccc2nc(-c3ccc(/C=C/c4ccc([N+](=O)[O-])cc4OCC[18F])cc3)cn2c1. The Kier molecular flexibility index (Phi) is 5.75. The van der Waals surface area contributed by atoms with E-state index in [1.807, 2.05) is 66.2 Å². The summed E-state index contributed by atoms with van der Waals surface area (Å²) in [6, 6.07) is 16.2. The highest BCUT2D eigenvalue weighted by Gasteiger charge is 2.11. The van der Waals surface area contributed by atoms with Crippen molar-refractivity contribution in [3.63, 3.8) is 0 Å². The van der Waals surface area contributed by atoms with Crippen molar-refractivity contribution in [3.05, 3.63) is 93.8 Å². The monoisotopic (exact) mass is 416 g/mol. The predicted molar refractivity (Wildman–Crippen MR) is 119 cm³/mol. The summed E-state index contributed by atoms with van der Waals surface area (Å²) in [5.41, 5.74) is 5.43. The van der Waals surface area contributed by atoms with Gasteiger partial charge in [-0.3, -0.25) is 10.1 Å². The van der Waals surface area contributed by atoms with E-state index in [0.29, 0.717) is 5.56 Å². The molecule has 0 fully saturated rings. The van der Waals surface area contributed by atoms with E-state index in [4.69, 9.17) is 4.74 Å². The quantitative estimate of drug-likeness (QED) is 0.219. The maximum atomic E-state index is 12.5. The third kappa shape index (κ3) is 4.61. The maximum Gasteiger partial charge on any atom is 0.273 e. The Balaban J connectivity index is 1.56. The van der Waals surface area contributed by atoms with Crippen LogP contribution in [0.15, 0.2) is 67.0 Å². The van der Waals surface area contributed by atoms with Crippen LogP contribution in [-0.4, -0.2) is 27.6 Å². The number of aryl methyl sites for hydroxylation is 1. The van der Waals surface area contributed by atoms with Crippen LogP contribution >= 0.6 is 0 Å². The summed E-state index contributed by atoms with van der Waals surface area (Å²) in [4.78, 5) is 15.1. The molecule has 0 spiro atoms. The van der Waals surface area contributed by atoms with E-state index in [1.165, 1.54) is 12.1 Å². The van der Waals surface area contributed by atoms with Crippen molar-refractivity contribution in [1.29, 1.82) is 0 Å². The van der Waals surface area contributed by atoms with Gasteiger partial charge in [0.25, 0.3) is 5.69 Å². The van der Waals surface area contributed by atoms with Crippen LogP contribution in [0.1, 0.15) is 16.7 Å². The normalized spacial score (nSPS) is 11.3. The van der Waals surface area contributed by atoms with Crippen molar-refractivity contribution in [2.45, 2.75) is 6.92 Å². The zero-order valence-electron chi connectivity index (χ0n) is 16.9. The van der Waals surface area contributed by atoms with Crippen LogP contribution in [-0.2, 0) is 0 Å². The summed E-state index contributed by atoms with van der Waals surface area (Å²) in [6.45, 7) is 1.21. The molecule has 4 aromatic rings. The number of benzene rings is 2. The first-order valence-electron chi connectivity index (χ1n) is 9.74. The molecule has 0 saturated carbocycles. The zero-order chi connectivity index (χ0) is 21.8. The summed E-state index contributed by atoms with van der Waals surface area (Å²) < 4.78 is 19.8. The Labute approximate surface area is 178 Å². The summed E-state index contributed by atoms with van der Waals surface area (Å²) >= 11 is 0. The van der Waals surface area contributed by atoms with E-state index in [1.54, 1.807) is 12.1 Å². The molecule has 0 radical (unpaired) electrons. The molecule has 4 rings (SSSR count). The highest BCUT2D eigenvalue weighted by Crippen LogP contribution is 2.27. The van der Waals surface area contributed by atoms with Gasteiger partial charge in [0.2, 0.25) is 0 Å². The number of halogens is 1.